The van der Waals surface area contributed by atoms with E-state index >= 15 is 0 Å². The second kappa shape index (κ2) is 9.62. The van der Waals surface area contributed by atoms with Crippen LogP contribution in [0.15, 0.2) is 46.7 Å². The molecular weight excluding hydrogens is 410 g/mol. The Morgan fingerprint density at radius 3 is 2.34 bits per heavy atom. The van der Waals surface area contributed by atoms with Gasteiger partial charge in [0, 0.05) is 45.6 Å². The van der Waals surface area contributed by atoms with Gasteiger partial charge in [-0.25, -0.2) is 8.42 Å². The highest BCUT2D eigenvalue weighted by Gasteiger charge is 2.27. The fourth-order valence-corrected chi connectivity index (χ4v) is 5.15. The van der Waals surface area contributed by atoms with Crippen molar-refractivity contribution in [3.05, 3.63) is 52.2 Å². The lowest BCUT2D eigenvalue weighted by molar-refractivity contribution is -0.121. The standard InChI is InChI=1S/C20H25N3O4S2/c1-22-10-12-23(13-11-22)29(26,27)17-6-4-16(5-7-17)15-21-20(25)9-8-18(24)19-3-2-14-28-19/h2-7,14H,8-13,15H2,1H3,(H,21,25). The summed E-state index contributed by atoms with van der Waals surface area (Å²) in [5, 5.41) is 4.61. The van der Waals surface area contributed by atoms with Crippen LogP contribution in [0.2, 0.25) is 0 Å². The third kappa shape index (κ3) is 5.72. The number of Topliss-reactive ketones (excluding diaryl/α,β-unsaturated/α-hetero) is 1. The molecule has 1 fully saturated rings. The van der Waals surface area contributed by atoms with Gasteiger partial charge in [0.15, 0.2) is 5.78 Å². The van der Waals surface area contributed by atoms with Crippen molar-refractivity contribution in [2.24, 2.45) is 0 Å². The van der Waals surface area contributed by atoms with Gasteiger partial charge in [-0.3, -0.25) is 9.59 Å². The number of benzene rings is 1. The van der Waals surface area contributed by atoms with Crippen molar-refractivity contribution in [3.63, 3.8) is 0 Å². The van der Waals surface area contributed by atoms with Crippen LogP contribution in [-0.2, 0) is 21.4 Å². The van der Waals surface area contributed by atoms with Crippen molar-refractivity contribution in [2.45, 2.75) is 24.3 Å². The molecule has 3 rings (SSSR count). The molecule has 2 heterocycles. The number of hydrogen-bond donors (Lipinski definition) is 1. The largest absolute Gasteiger partial charge is 0.352 e. The predicted octanol–water partition coefficient (Wildman–Crippen LogP) is 1.96. The number of nitrogens with zero attached hydrogens (tertiary/aromatic N) is 2. The van der Waals surface area contributed by atoms with Crippen LogP contribution in [0.5, 0.6) is 0 Å². The van der Waals surface area contributed by atoms with E-state index in [0.717, 1.165) is 18.7 Å². The SMILES string of the molecule is CN1CCN(S(=O)(=O)c2ccc(CNC(=O)CCC(=O)c3cccs3)cc2)CC1. The topological polar surface area (TPSA) is 86.8 Å². The quantitative estimate of drug-likeness (QED) is 0.641. The number of nitrogens with one attached hydrogen (secondary N) is 1. The van der Waals surface area contributed by atoms with Gasteiger partial charge in [-0.15, -0.1) is 11.3 Å². The van der Waals surface area contributed by atoms with E-state index in [0.29, 0.717) is 24.5 Å². The van der Waals surface area contributed by atoms with Gasteiger partial charge in [-0.1, -0.05) is 18.2 Å². The smallest absolute Gasteiger partial charge is 0.243 e. The first kappa shape index (κ1) is 21.6. The first-order valence-corrected chi connectivity index (χ1v) is 11.8. The third-order valence-electron chi connectivity index (χ3n) is 4.89. The molecule has 0 atom stereocenters. The van der Waals surface area contributed by atoms with E-state index in [9.17, 15) is 18.0 Å². The van der Waals surface area contributed by atoms with Crippen LogP contribution >= 0.6 is 11.3 Å². The Balaban J connectivity index is 1.48. The van der Waals surface area contributed by atoms with Crippen LogP contribution in [0.1, 0.15) is 28.1 Å². The van der Waals surface area contributed by atoms with Crippen LogP contribution in [0.25, 0.3) is 0 Å². The fourth-order valence-electron chi connectivity index (χ4n) is 3.03. The molecule has 0 spiro atoms. The maximum atomic E-state index is 12.7. The molecule has 9 heteroatoms. The van der Waals surface area contributed by atoms with E-state index in [-0.39, 0.29) is 29.4 Å². The number of piperazine rings is 1. The molecule has 1 aromatic carbocycles. The van der Waals surface area contributed by atoms with E-state index < -0.39 is 10.0 Å². The normalized spacial score (nSPS) is 15.9. The van der Waals surface area contributed by atoms with Crippen LogP contribution < -0.4 is 5.32 Å². The molecule has 1 aromatic heterocycles. The second-order valence-corrected chi connectivity index (χ2v) is 9.91. The molecular formula is C20H25N3O4S2. The first-order chi connectivity index (χ1) is 13.9. The minimum Gasteiger partial charge on any atom is -0.352 e. The van der Waals surface area contributed by atoms with Crippen molar-refractivity contribution >= 4 is 33.1 Å². The molecule has 0 unspecified atom stereocenters. The Morgan fingerprint density at radius 2 is 1.72 bits per heavy atom. The van der Waals surface area contributed by atoms with E-state index in [1.807, 2.05) is 18.5 Å². The van der Waals surface area contributed by atoms with Crippen molar-refractivity contribution in [2.75, 3.05) is 33.2 Å². The minimum absolute atomic E-state index is 0.0337. The maximum Gasteiger partial charge on any atom is 0.243 e. The third-order valence-corrected chi connectivity index (χ3v) is 7.71. The molecule has 0 bridgehead atoms. The molecule has 0 saturated carbocycles. The van der Waals surface area contributed by atoms with Crippen molar-refractivity contribution < 1.29 is 18.0 Å². The van der Waals surface area contributed by atoms with Gasteiger partial charge in [0.1, 0.15) is 0 Å². The number of likely N-dealkylation sites (N-methyl/N-ethyl adjacent to an activating group) is 1. The van der Waals surface area contributed by atoms with E-state index in [1.54, 1.807) is 30.3 Å². The van der Waals surface area contributed by atoms with E-state index in [2.05, 4.69) is 10.2 Å². The Hall–Kier alpha value is -2.07. The van der Waals surface area contributed by atoms with Crippen LogP contribution in [0.4, 0.5) is 0 Å². The van der Waals surface area contributed by atoms with Gasteiger partial charge in [0.2, 0.25) is 15.9 Å². The Morgan fingerprint density at radius 1 is 1.03 bits per heavy atom. The summed E-state index contributed by atoms with van der Waals surface area (Å²) >= 11 is 1.37. The van der Waals surface area contributed by atoms with Crippen LogP contribution in [-0.4, -0.2) is 62.5 Å². The molecule has 1 aliphatic rings. The van der Waals surface area contributed by atoms with E-state index in [4.69, 9.17) is 0 Å². The number of sulfonamides is 1. The lowest BCUT2D eigenvalue weighted by atomic mass is 10.2. The molecule has 29 heavy (non-hydrogen) atoms. The van der Waals surface area contributed by atoms with Crippen LogP contribution in [0.3, 0.4) is 0 Å². The zero-order valence-corrected chi connectivity index (χ0v) is 18.0. The molecule has 1 N–H and O–H groups in total. The summed E-state index contributed by atoms with van der Waals surface area (Å²) in [6.07, 6.45) is 0.307. The van der Waals surface area contributed by atoms with E-state index in [1.165, 1.54) is 15.6 Å². The van der Waals surface area contributed by atoms with Crippen molar-refractivity contribution in [3.8, 4) is 0 Å². The Kier molecular flexibility index (Phi) is 7.18. The summed E-state index contributed by atoms with van der Waals surface area (Å²) < 4.78 is 27.0. The predicted molar refractivity (Wildman–Crippen MR) is 112 cm³/mol. The monoisotopic (exact) mass is 435 g/mol. The van der Waals surface area contributed by atoms with Crippen molar-refractivity contribution in [1.29, 1.82) is 0 Å². The Labute approximate surface area is 175 Å². The number of thiophene rings is 1. The Bertz CT molecular complexity index is 933. The lowest BCUT2D eigenvalue weighted by Gasteiger charge is -2.31. The number of carbonyl (C=O) groups excluding carboxylic acids is 2. The highest BCUT2D eigenvalue weighted by Crippen LogP contribution is 2.18. The number of ketones is 1. The molecule has 1 aliphatic heterocycles. The van der Waals surface area contributed by atoms with Gasteiger partial charge >= 0.3 is 0 Å². The number of carbonyl (C=O) groups is 2. The molecule has 1 saturated heterocycles. The lowest BCUT2D eigenvalue weighted by Crippen LogP contribution is -2.47. The number of hydrogen-bond acceptors (Lipinski definition) is 6. The second-order valence-electron chi connectivity index (χ2n) is 7.03. The van der Waals surface area contributed by atoms with Gasteiger partial charge in [-0.05, 0) is 36.2 Å². The zero-order valence-electron chi connectivity index (χ0n) is 16.3. The minimum atomic E-state index is -3.49. The summed E-state index contributed by atoms with van der Waals surface area (Å²) in [5.41, 5.74) is 0.806. The van der Waals surface area contributed by atoms with Gasteiger partial charge in [0.25, 0.3) is 0 Å². The number of amides is 1. The van der Waals surface area contributed by atoms with Gasteiger partial charge in [-0.2, -0.15) is 4.31 Å². The van der Waals surface area contributed by atoms with Crippen molar-refractivity contribution in [1.82, 2.24) is 14.5 Å². The average Bonchev–Trinajstić information content (AvgIpc) is 3.26. The zero-order chi connectivity index (χ0) is 20.9. The highest BCUT2D eigenvalue weighted by molar-refractivity contribution is 7.89. The molecule has 2 aromatic rings. The fraction of sp³-hybridized carbons (Fsp3) is 0.400. The molecule has 1 amide bonds. The molecule has 0 radical (unpaired) electrons. The summed E-state index contributed by atoms with van der Waals surface area (Å²) in [7, 11) is -1.51. The molecule has 156 valence electrons. The highest BCUT2D eigenvalue weighted by atomic mass is 32.2. The summed E-state index contributed by atoms with van der Waals surface area (Å²) in [5.74, 6) is -0.238. The summed E-state index contributed by atoms with van der Waals surface area (Å²) in [6, 6.07) is 10.1. The molecule has 7 nitrogen and oxygen atoms in total. The maximum absolute atomic E-state index is 12.7. The number of rotatable bonds is 8. The molecule has 0 aliphatic carbocycles. The average molecular weight is 436 g/mol. The first-order valence-electron chi connectivity index (χ1n) is 9.47. The summed E-state index contributed by atoms with van der Waals surface area (Å²) in [4.78, 5) is 26.9. The van der Waals surface area contributed by atoms with Gasteiger partial charge < -0.3 is 10.2 Å². The summed E-state index contributed by atoms with van der Waals surface area (Å²) in [6.45, 7) is 2.71. The van der Waals surface area contributed by atoms with Crippen LogP contribution in [0, 0.1) is 0 Å². The van der Waals surface area contributed by atoms with Gasteiger partial charge in [0.05, 0.1) is 9.77 Å².